The summed E-state index contributed by atoms with van der Waals surface area (Å²) >= 11 is 3.21. The van der Waals surface area contributed by atoms with Crippen LogP contribution in [0, 0.1) is 0 Å². The highest BCUT2D eigenvalue weighted by molar-refractivity contribution is 9.10. The molecule has 15 heavy (non-hydrogen) atoms. The molecule has 0 unspecified atom stereocenters. The first-order chi connectivity index (χ1) is 7.18. The van der Waals surface area contributed by atoms with Crippen molar-refractivity contribution in [3.8, 4) is 0 Å². The lowest BCUT2D eigenvalue weighted by Crippen LogP contribution is -2.40. The molecule has 0 aromatic carbocycles. The van der Waals surface area contributed by atoms with Gasteiger partial charge in [0.05, 0.1) is 0 Å². The monoisotopic (exact) mass is 268 g/mol. The minimum atomic E-state index is -0.170. The molecule has 4 nitrogen and oxygen atoms in total. The minimum Gasteiger partial charge on any atom is -0.274 e. The maximum absolute atomic E-state index is 11.6. The number of carbonyl (C=O) groups is 2. The molecule has 78 valence electrons. The Morgan fingerprint density at radius 3 is 2.47 bits per heavy atom. The lowest BCUT2D eigenvalue weighted by molar-refractivity contribution is -0.129. The van der Waals surface area contributed by atoms with Crippen LogP contribution in [0.2, 0.25) is 0 Å². The van der Waals surface area contributed by atoms with Crippen molar-refractivity contribution in [3.05, 3.63) is 22.8 Å². The van der Waals surface area contributed by atoms with Crippen molar-refractivity contribution < 1.29 is 9.59 Å². The first-order valence-electron chi connectivity index (χ1n) is 4.67. The molecule has 5 heteroatoms. The number of rotatable bonds is 1. The number of nitrogens with zero attached hydrogens (tertiary/aromatic N) is 2. The normalized spacial score (nSPS) is 17.0. The quantitative estimate of drug-likeness (QED) is 0.577. The van der Waals surface area contributed by atoms with E-state index in [1.165, 1.54) is 0 Å². The van der Waals surface area contributed by atoms with Crippen LogP contribution >= 0.6 is 15.9 Å². The number of pyridine rings is 1. The van der Waals surface area contributed by atoms with Gasteiger partial charge in [0, 0.05) is 12.8 Å². The molecular formula is C10H9BrN2O2. The first-order valence-corrected chi connectivity index (χ1v) is 5.46. The van der Waals surface area contributed by atoms with Gasteiger partial charge in [0.25, 0.3) is 0 Å². The number of halogens is 1. The summed E-state index contributed by atoms with van der Waals surface area (Å²) in [4.78, 5) is 28.4. The Hall–Kier alpha value is -1.23. The predicted molar refractivity (Wildman–Crippen MR) is 58.3 cm³/mol. The molecular weight excluding hydrogens is 260 g/mol. The van der Waals surface area contributed by atoms with Gasteiger partial charge in [0.15, 0.2) is 0 Å². The van der Waals surface area contributed by atoms with E-state index in [0.29, 0.717) is 29.7 Å². The predicted octanol–water partition coefficient (Wildman–Crippen LogP) is 1.89. The van der Waals surface area contributed by atoms with E-state index in [2.05, 4.69) is 20.9 Å². The smallest absolute Gasteiger partial charge is 0.234 e. The van der Waals surface area contributed by atoms with Crippen LogP contribution in [0.15, 0.2) is 22.8 Å². The molecule has 2 rings (SSSR count). The highest BCUT2D eigenvalue weighted by Crippen LogP contribution is 2.21. The lowest BCUT2D eigenvalue weighted by atomic mass is 10.1. The van der Waals surface area contributed by atoms with E-state index in [1.807, 2.05) is 0 Å². The Morgan fingerprint density at radius 1 is 1.20 bits per heavy atom. The maximum atomic E-state index is 11.6. The van der Waals surface area contributed by atoms with Gasteiger partial charge in [0.2, 0.25) is 11.8 Å². The molecule has 2 heterocycles. The Kier molecular flexibility index (Phi) is 2.81. The number of hydrogen-bond acceptors (Lipinski definition) is 3. The van der Waals surface area contributed by atoms with E-state index in [1.54, 1.807) is 18.2 Å². The standard InChI is InChI=1S/C10H9BrN2O2/c11-7-3-1-4-8(12-7)13-9(14)5-2-6-10(13)15/h1,3-4H,2,5-6H2. The van der Waals surface area contributed by atoms with Crippen molar-refractivity contribution >= 4 is 33.6 Å². The zero-order valence-electron chi connectivity index (χ0n) is 7.94. The molecule has 0 atom stereocenters. The summed E-state index contributed by atoms with van der Waals surface area (Å²) in [6, 6.07) is 5.16. The van der Waals surface area contributed by atoms with Crippen LogP contribution < -0.4 is 4.90 Å². The van der Waals surface area contributed by atoms with E-state index in [4.69, 9.17) is 0 Å². The second-order valence-electron chi connectivity index (χ2n) is 3.29. The molecule has 0 saturated carbocycles. The molecule has 0 bridgehead atoms. The van der Waals surface area contributed by atoms with Crippen molar-refractivity contribution in [1.29, 1.82) is 0 Å². The van der Waals surface area contributed by atoms with Gasteiger partial charge in [-0.1, -0.05) is 6.07 Å². The van der Waals surface area contributed by atoms with Crippen LogP contribution in [0.3, 0.4) is 0 Å². The number of aromatic nitrogens is 1. The number of imide groups is 1. The van der Waals surface area contributed by atoms with Crippen molar-refractivity contribution in [1.82, 2.24) is 4.98 Å². The number of amides is 2. The van der Waals surface area contributed by atoms with Gasteiger partial charge in [-0.3, -0.25) is 9.59 Å². The van der Waals surface area contributed by atoms with Crippen LogP contribution in [0.5, 0.6) is 0 Å². The number of hydrogen-bond donors (Lipinski definition) is 0. The van der Waals surface area contributed by atoms with Gasteiger partial charge in [-0.15, -0.1) is 0 Å². The van der Waals surface area contributed by atoms with E-state index in [-0.39, 0.29) is 11.8 Å². The first kappa shape index (κ1) is 10.3. The Labute approximate surface area is 95.4 Å². The van der Waals surface area contributed by atoms with Crippen molar-refractivity contribution in [2.45, 2.75) is 19.3 Å². The van der Waals surface area contributed by atoms with Crippen LogP contribution in [0.4, 0.5) is 5.82 Å². The average Bonchev–Trinajstić information content (AvgIpc) is 2.17. The van der Waals surface area contributed by atoms with Crippen molar-refractivity contribution in [3.63, 3.8) is 0 Å². The van der Waals surface area contributed by atoms with Gasteiger partial charge in [-0.05, 0) is 34.5 Å². The van der Waals surface area contributed by atoms with Gasteiger partial charge in [0.1, 0.15) is 10.4 Å². The summed E-state index contributed by atoms with van der Waals surface area (Å²) in [5.41, 5.74) is 0. The molecule has 1 aromatic rings. The Morgan fingerprint density at radius 2 is 1.87 bits per heavy atom. The van der Waals surface area contributed by atoms with Crippen molar-refractivity contribution in [2.24, 2.45) is 0 Å². The van der Waals surface area contributed by atoms with E-state index in [9.17, 15) is 9.59 Å². The van der Waals surface area contributed by atoms with E-state index >= 15 is 0 Å². The van der Waals surface area contributed by atoms with Crippen LogP contribution in [-0.2, 0) is 9.59 Å². The number of piperidine rings is 1. The zero-order valence-corrected chi connectivity index (χ0v) is 9.53. The highest BCUT2D eigenvalue weighted by atomic mass is 79.9. The molecule has 0 radical (unpaired) electrons. The second kappa shape index (κ2) is 4.10. The summed E-state index contributed by atoms with van der Waals surface area (Å²) in [5.74, 6) is 0.0628. The minimum absolute atomic E-state index is 0.170. The Bertz CT molecular complexity index is 404. The third kappa shape index (κ3) is 2.07. The molecule has 0 spiro atoms. The lowest BCUT2D eigenvalue weighted by Gasteiger charge is -2.23. The third-order valence-corrected chi connectivity index (χ3v) is 2.65. The SMILES string of the molecule is O=C1CCCC(=O)N1c1cccc(Br)n1. The Balaban J connectivity index is 2.35. The molecule has 2 amide bonds. The summed E-state index contributed by atoms with van der Waals surface area (Å²) in [6.07, 6.45) is 1.47. The maximum Gasteiger partial charge on any atom is 0.234 e. The van der Waals surface area contributed by atoms with Gasteiger partial charge in [-0.2, -0.15) is 0 Å². The van der Waals surface area contributed by atoms with Crippen LogP contribution in [0.25, 0.3) is 0 Å². The van der Waals surface area contributed by atoms with Gasteiger partial charge < -0.3 is 0 Å². The zero-order chi connectivity index (χ0) is 10.8. The molecule has 1 saturated heterocycles. The fraction of sp³-hybridized carbons (Fsp3) is 0.300. The summed E-state index contributed by atoms with van der Waals surface area (Å²) < 4.78 is 0.617. The average molecular weight is 269 g/mol. The molecule has 1 fully saturated rings. The van der Waals surface area contributed by atoms with E-state index < -0.39 is 0 Å². The highest BCUT2D eigenvalue weighted by Gasteiger charge is 2.28. The summed E-state index contributed by atoms with van der Waals surface area (Å²) in [6.45, 7) is 0. The fourth-order valence-corrected chi connectivity index (χ4v) is 1.87. The number of anilines is 1. The molecule has 1 aliphatic rings. The van der Waals surface area contributed by atoms with E-state index in [0.717, 1.165) is 4.90 Å². The van der Waals surface area contributed by atoms with Crippen molar-refractivity contribution in [2.75, 3.05) is 4.90 Å². The van der Waals surface area contributed by atoms with Crippen LogP contribution in [-0.4, -0.2) is 16.8 Å². The fourth-order valence-electron chi connectivity index (χ4n) is 1.53. The molecule has 0 aliphatic carbocycles. The summed E-state index contributed by atoms with van der Waals surface area (Å²) in [5, 5.41) is 0. The molecule has 1 aliphatic heterocycles. The van der Waals surface area contributed by atoms with Gasteiger partial charge >= 0.3 is 0 Å². The second-order valence-corrected chi connectivity index (χ2v) is 4.11. The number of carbonyl (C=O) groups excluding carboxylic acids is 2. The topological polar surface area (TPSA) is 50.3 Å². The molecule has 1 aromatic heterocycles. The third-order valence-electron chi connectivity index (χ3n) is 2.21. The van der Waals surface area contributed by atoms with Crippen LogP contribution in [0.1, 0.15) is 19.3 Å². The largest absolute Gasteiger partial charge is 0.274 e. The summed E-state index contributed by atoms with van der Waals surface area (Å²) in [7, 11) is 0. The van der Waals surface area contributed by atoms with Gasteiger partial charge in [-0.25, -0.2) is 9.88 Å². The molecule has 0 N–H and O–H groups in total.